The minimum Gasteiger partial charge on any atom is -0.378 e. The Labute approximate surface area is 108 Å². The summed E-state index contributed by atoms with van der Waals surface area (Å²) in [5.41, 5.74) is 0.703. The molecule has 2 nitrogen and oxygen atoms in total. The van der Waals surface area contributed by atoms with Crippen molar-refractivity contribution in [1.82, 2.24) is 0 Å². The van der Waals surface area contributed by atoms with Gasteiger partial charge in [-0.3, -0.25) is 4.79 Å². The van der Waals surface area contributed by atoms with Crippen LogP contribution < -0.4 is 0 Å². The Kier molecular flexibility index (Phi) is 3.94. The molecule has 17 heavy (non-hydrogen) atoms. The van der Waals surface area contributed by atoms with Gasteiger partial charge < -0.3 is 4.74 Å². The van der Waals surface area contributed by atoms with Crippen LogP contribution in [0.2, 0.25) is 0 Å². The van der Waals surface area contributed by atoms with E-state index < -0.39 is 0 Å². The van der Waals surface area contributed by atoms with Crippen LogP contribution in [0.15, 0.2) is 22.7 Å². The smallest absolute Gasteiger partial charge is 0.143 e. The van der Waals surface area contributed by atoms with E-state index >= 15 is 0 Å². The highest BCUT2D eigenvalue weighted by atomic mass is 79.9. The van der Waals surface area contributed by atoms with Gasteiger partial charge in [0.2, 0.25) is 0 Å². The maximum absolute atomic E-state index is 13.1. The number of ketones is 1. The van der Waals surface area contributed by atoms with Crippen molar-refractivity contribution in [3.05, 3.63) is 34.1 Å². The lowest BCUT2D eigenvalue weighted by molar-refractivity contribution is -0.123. The van der Waals surface area contributed by atoms with Crippen molar-refractivity contribution in [1.29, 1.82) is 0 Å². The first kappa shape index (κ1) is 12.7. The summed E-state index contributed by atoms with van der Waals surface area (Å²) in [4.78, 5) is 12.1. The number of halogens is 2. The molecule has 0 spiro atoms. The lowest BCUT2D eigenvalue weighted by Gasteiger charge is -2.13. The fourth-order valence-electron chi connectivity index (χ4n) is 2.15. The predicted molar refractivity (Wildman–Crippen MR) is 66.3 cm³/mol. The van der Waals surface area contributed by atoms with Crippen molar-refractivity contribution in [2.75, 3.05) is 6.61 Å². The van der Waals surface area contributed by atoms with Gasteiger partial charge in [-0.2, -0.15) is 0 Å². The van der Waals surface area contributed by atoms with E-state index in [1.165, 1.54) is 12.1 Å². The van der Waals surface area contributed by atoms with E-state index in [1.807, 2.05) is 6.92 Å². The zero-order valence-electron chi connectivity index (χ0n) is 9.58. The Hall–Kier alpha value is -0.740. The first-order chi connectivity index (χ1) is 8.08. The minimum absolute atomic E-state index is 0.0187. The van der Waals surface area contributed by atoms with Crippen LogP contribution >= 0.6 is 15.9 Å². The Morgan fingerprint density at radius 3 is 3.00 bits per heavy atom. The number of Topliss-reactive ketones (excluding diaryl/α,β-unsaturated/α-hetero) is 1. The molecular formula is C13H14BrFO2. The zero-order chi connectivity index (χ0) is 12.4. The van der Waals surface area contributed by atoms with Gasteiger partial charge in [0.1, 0.15) is 11.6 Å². The van der Waals surface area contributed by atoms with Crippen LogP contribution in [0.5, 0.6) is 0 Å². The summed E-state index contributed by atoms with van der Waals surface area (Å²) in [6.45, 7) is 2.55. The number of ether oxygens (including phenoxy) is 1. The fraction of sp³-hybridized carbons (Fsp3) is 0.462. The van der Waals surface area contributed by atoms with E-state index in [4.69, 9.17) is 4.74 Å². The first-order valence-corrected chi connectivity index (χ1v) is 6.45. The molecule has 0 N–H and O–H groups in total. The van der Waals surface area contributed by atoms with Gasteiger partial charge in [-0.15, -0.1) is 0 Å². The summed E-state index contributed by atoms with van der Waals surface area (Å²) in [6, 6.07) is 4.41. The summed E-state index contributed by atoms with van der Waals surface area (Å²) in [6.07, 6.45) is 1.01. The summed E-state index contributed by atoms with van der Waals surface area (Å²) >= 11 is 3.33. The molecule has 1 saturated heterocycles. The highest BCUT2D eigenvalue weighted by molar-refractivity contribution is 9.10. The Morgan fingerprint density at radius 1 is 1.59 bits per heavy atom. The first-order valence-electron chi connectivity index (χ1n) is 5.66. The Bertz CT molecular complexity index is 433. The van der Waals surface area contributed by atoms with E-state index in [0.29, 0.717) is 12.2 Å². The third-order valence-corrected chi connectivity index (χ3v) is 3.94. The second-order valence-corrected chi connectivity index (χ2v) is 5.20. The van der Waals surface area contributed by atoms with E-state index in [9.17, 15) is 9.18 Å². The van der Waals surface area contributed by atoms with Gasteiger partial charge in [0.15, 0.2) is 0 Å². The molecule has 1 aliphatic rings. The standard InChI is InChI=1S/C13H14BrFO2/c1-8-11(4-5-17-8)13(16)7-9-6-10(15)2-3-12(9)14/h2-3,6,8,11H,4-5,7H2,1H3. The molecule has 1 heterocycles. The van der Waals surface area contributed by atoms with Gasteiger partial charge in [-0.1, -0.05) is 15.9 Å². The maximum Gasteiger partial charge on any atom is 0.143 e. The van der Waals surface area contributed by atoms with Gasteiger partial charge in [-0.25, -0.2) is 4.39 Å². The van der Waals surface area contributed by atoms with E-state index in [-0.39, 0.29) is 30.0 Å². The Balaban J connectivity index is 2.10. The summed E-state index contributed by atoms with van der Waals surface area (Å²) < 4.78 is 19.2. The average molecular weight is 301 g/mol. The van der Waals surface area contributed by atoms with Crippen LogP contribution in [0, 0.1) is 11.7 Å². The molecule has 0 aromatic heterocycles. The number of hydrogen-bond acceptors (Lipinski definition) is 2. The summed E-state index contributed by atoms with van der Waals surface area (Å²) in [5, 5.41) is 0. The predicted octanol–water partition coefficient (Wildman–Crippen LogP) is 3.12. The molecule has 0 saturated carbocycles. The topological polar surface area (TPSA) is 26.3 Å². The van der Waals surface area contributed by atoms with Crippen LogP contribution in [0.1, 0.15) is 18.9 Å². The normalized spacial score (nSPS) is 23.9. The van der Waals surface area contributed by atoms with Gasteiger partial charge in [0, 0.05) is 23.4 Å². The van der Waals surface area contributed by atoms with E-state index in [2.05, 4.69) is 15.9 Å². The number of hydrogen-bond donors (Lipinski definition) is 0. The van der Waals surface area contributed by atoms with Crippen LogP contribution in [0.25, 0.3) is 0 Å². The fourth-order valence-corrected chi connectivity index (χ4v) is 2.54. The molecular weight excluding hydrogens is 287 g/mol. The number of rotatable bonds is 3. The van der Waals surface area contributed by atoms with Crippen molar-refractivity contribution >= 4 is 21.7 Å². The molecule has 0 radical (unpaired) electrons. The van der Waals surface area contributed by atoms with Gasteiger partial charge in [-0.05, 0) is 37.1 Å². The largest absolute Gasteiger partial charge is 0.378 e. The third-order valence-electron chi connectivity index (χ3n) is 3.16. The highest BCUT2D eigenvalue weighted by Crippen LogP contribution is 2.25. The van der Waals surface area contributed by atoms with Crippen molar-refractivity contribution in [3.8, 4) is 0 Å². The van der Waals surface area contributed by atoms with Crippen LogP contribution in [0.3, 0.4) is 0 Å². The molecule has 2 unspecified atom stereocenters. The maximum atomic E-state index is 13.1. The summed E-state index contributed by atoms with van der Waals surface area (Å²) in [7, 11) is 0. The molecule has 2 rings (SSSR count). The van der Waals surface area contributed by atoms with Crippen molar-refractivity contribution < 1.29 is 13.9 Å². The van der Waals surface area contributed by atoms with E-state index in [0.717, 1.165) is 10.9 Å². The molecule has 2 atom stereocenters. The van der Waals surface area contributed by atoms with Crippen LogP contribution in [0.4, 0.5) is 4.39 Å². The lowest BCUT2D eigenvalue weighted by Crippen LogP contribution is -2.23. The monoisotopic (exact) mass is 300 g/mol. The Morgan fingerprint density at radius 2 is 2.35 bits per heavy atom. The summed E-state index contributed by atoms with van der Waals surface area (Å²) in [5.74, 6) is -0.238. The molecule has 0 aliphatic carbocycles. The molecule has 1 aromatic carbocycles. The molecule has 4 heteroatoms. The van der Waals surface area contributed by atoms with Crippen molar-refractivity contribution in [2.24, 2.45) is 5.92 Å². The molecule has 0 bridgehead atoms. The number of carbonyl (C=O) groups is 1. The lowest BCUT2D eigenvalue weighted by atomic mass is 9.93. The van der Waals surface area contributed by atoms with Crippen LogP contribution in [-0.2, 0) is 16.0 Å². The molecule has 1 aromatic rings. The minimum atomic E-state index is -0.313. The average Bonchev–Trinajstić information content (AvgIpc) is 2.70. The van der Waals surface area contributed by atoms with Gasteiger partial charge in [0.25, 0.3) is 0 Å². The van der Waals surface area contributed by atoms with Crippen molar-refractivity contribution in [3.63, 3.8) is 0 Å². The molecule has 1 aliphatic heterocycles. The second-order valence-electron chi connectivity index (χ2n) is 4.35. The second kappa shape index (κ2) is 5.27. The zero-order valence-corrected chi connectivity index (χ0v) is 11.2. The quantitative estimate of drug-likeness (QED) is 0.857. The van der Waals surface area contributed by atoms with Crippen molar-refractivity contribution in [2.45, 2.75) is 25.9 Å². The van der Waals surface area contributed by atoms with Crippen LogP contribution in [-0.4, -0.2) is 18.5 Å². The third kappa shape index (κ3) is 2.93. The SMILES string of the molecule is CC1OCCC1C(=O)Cc1cc(F)ccc1Br. The number of carbonyl (C=O) groups excluding carboxylic acids is 1. The van der Waals surface area contributed by atoms with E-state index in [1.54, 1.807) is 6.07 Å². The van der Waals surface area contributed by atoms with Gasteiger partial charge in [0.05, 0.1) is 6.10 Å². The highest BCUT2D eigenvalue weighted by Gasteiger charge is 2.30. The molecule has 1 fully saturated rings. The van der Waals surface area contributed by atoms with Gasteiger partial charge >= 0.3 is 0 Å². The molecule has 92 valence electrons. The number of benzene rings is 1. The molecule has 0 amide bonds.